The first-order valence-electron chi connectivity index (χ1n) is 4.67. The Morgan fingerprint density at radius 2 is 2.19 bits per heavy atom. The Kier molecular flexibility index (Phi) is 2.73. The van der Waals surface area contributed by atoms with Crippen LogP contribution in [-0.4, -0.2) is 20.7 Å². The van der Waals surface area contributed by atoms with E-state index in [1.807, 2.05) is 18.2 Å². The Labute approximate surface area is 100 Å². The molecule has 1 heterocycles. The number of aryl methyl sites for hydroxylation is 1. The highest BCUT2D eigenvalue weighted by Gasteiger charge is 2.21. The maximum Gasteiger partial charge on any atom is 0.338 e. The molecule has 0 saturated heterocycles. The van der Waals surface area contributed by atoms with E-state index in [0.29, 0.717) is 5.69 Å². The Bertz CT molecular complexity index is 562. The number of hydrogen-bond donors (Lipinski definition) is 2. The predicted octanol–water partition coefficient (Wildman–Crippen LogP) is 2.06. The van der Waals surface area contributed by atoms with Crippen molar-refractivity contribution in [2.45, 2.75) is 6.10 Å². The lowest BCUT2D eigenvalue weighted by atomic mass is 10.2. The highest BCUT2D eigenvalue weighted by molar-refractivity contribution is 9.10. The van der Waals surface area contributed by atoms with Gasteiger partial charge in [-0.1, -0.05) is 12.1 Å². The summed E-state index contributed by atoms with van der Waals surface area (Å²) in [5.74, 6) is -1.25. The van der Waals surface area contributed by atoms with Crippen molar-refractivity contribution < 1.29 is 15.0 Å². The summed E-state index contributed by atoms with van der Waals surface area (Å²) in [4.78, 5) is 10.7. The van der Waals surface area contributed by atoms with Crippen LogP contribution in [0.4, 0.5) is 0 Å². The molecule has 2 N–H and O–H groups in total. The number of fused-ring (bicyclic) bond motifs is 1. The lowest BCUT2D eigenvalue weighted by Crippen LogP contribution is -2.13. The van der Waals surface area contributed by atoms with E-state index < -0.39 is 12.1 Å². The van der Waals surface area contributed by atoms with Gasteiger partial charge in [-0.05, 0) is 28.1 Å². The molecule has 1 atom stereocenters. The third-order valence-electron chi connectivity index (χ3n) is 2.56. The van der Waals surface area contributed by atoms with Crippen molar-refractivity contribution in [1.29, 1.82) is 0 Å². The molecule has 0 radical (unpaired) electrons. The van der Waals surface area contributed by atoms with Gasteiger partial charge in [0.1, 0.15) is 0 Å². The molecule has 1 aromatic carbocycles. The first-order chi connectivity index (χ1) is 7.52. The normalized spacial score (nSPS) is 12.9. The molecule has 4 nitrogen and oxygen atoms in total. The fraction of sp³-hybridized carbons (Fsp3) is 0.182. The van der Waals surface area contributed by atoms with Crippen molar-refractivity contribution in [3.8, 4) is 0 Å². The Balaban J connectivity index is 2.70. The zero-order valence-corrected chi connectivity index (χ0v) is 10.1. The van der Waals surface area contributed by atoms with Gasteiger partial charge < -0.3 is 14.8 Å². The lowest BCUT2D eigenvalue weighted by molar-refractivity contribution is -0.147. The Morgan fingerprint density at radius 1 is 1.50 bits per heavy atom. The van der Waals surface area contributed by atoms with Gasteiger partial charge in [0.2, 0.25) is 0 Å². The minimum atomic E-state index is -1.50. The van der Waals surface area contributed by atoms with Crippen LogP contribution in [0.15, 0.2) is 28.7 Å². The molecule has 0 aliphatic heterocycles. The van der Waals surface area contributed by atoms with Crippen LogP contribution in [-0.2, 0) is 11.8 Å². The van der Waals surface area contributed by atoms with Gasteiger partial charge in [-0.2, -0.15) is 0 Å². The molecule has 0 aliphatic rings. The number of carboxylic acids is 1. The van der Waals surface area contributed by atoms with Gasteiger partial charge in [-0.15, -0.1) is 0 Å². The van der Waals surface area contributed by atoms with Crippen LogP contribution < -0.4 is 0 Å². The van der Waals surface area contributed by atoms with Crippen LogP contribution in [0.5, 0.6) is 0 Å². The summed E-state index contributed by atoms with van der Waals surface area (Å²) in [7, 11) is 1.73. The van der Waals surface area contributed by atoms with Crippen LogP contribution in [0.2, 0.25) is 0 Å². The fourth-order valence-electron chi connectivity index (χ4n) is 1.78. The smallest absolute Gasteiger partial charge is 0.338 e. The molecule has 16 heavy (non-hydrogen) atoms. The summed E-state index contributed by atoms with van der Waals surface area (Å²) < 4.78 is 2.55. The summed E-state index contributed by atoms with van der Waals surface area (Å²) in [6.07, 6.45) is -1.50. The molecule has 0 fully saturated rings. The van der Waals surface area contributed by atoms with Crippen molar-refractivity contribution in [2.24, 2.45) is 7.05 Å². The number of hydrogen-bond acceptors (Lipinski definition) is 2. The summed E-state index contributed by atoms with van der Waals surface area (Å²) in [5.41, 5.74) is 1.24. The monoisotopic (exact) mass is 283 g/mol. The predicted molar refractivity (Wildman–Crippen MR) is 63.2 cm³/mol. The number of aromatic nitrogens is 1. The molecule has 2 aromatic rings. The maximum absolute atomic E-state index is 10.7. The minimum absolute atomic E-state index is 0.370. The third kappa shape index (κ3) is 1.62. The molecule has 0 saturated carbocycles. The molecule has 1 aromatic heterocycles. The molecule has 0 amide bonds. The van der Waals surface area contributed by atoms with Crippen molar-refractivity contribution in [1.82, 2.24) is 4.57 Å². The average Bonchev–Trinajstić information content (AvgIpc) is 2.56. The largest absolute Gasteiger partial charge is 0.479 e. The van der Waals surface area contributed by atoms with E-state index >= 15 is 0 Å². The van der Waals surface area contributed by atoms with Gasteiger partial charge in [0.15, 0.2) is 6.10 Å². The molecule has 0 spiro atoms. The second kappa shape index (κ2) is 3.92. The van der Waals surface area contributed by atoms with Gasteiger partial charge in [-0.3, -0.25) is 0 Å². The van der Waals surface area contributed by atoms with Gasteiger partial charge >= 0.3 is 5.97 Å². The molecular formula is C11H10BrNO3. The van der Waals surface area contributed by atoms with Crippen LogP contribution in [0.25, 0.3) is 10.9 Å². The number of benzene rings is 1. The second-order valence-corrected chi connectivity index (χ2v) is 4.40. The van der Waals surface area contributed by atoms with Crippen molar-refractivity contribution in [3.63, 3.8) is 0 Å². The maximum atomic E-state index is 10.7. The van der Waals surface area contributed by atoms with Crippen molar-refractivity contribution >= 4 is 32.8 Å². The fourth-order valence-corrected chi connectivity index (χ4v) is 2.42. The first kappa shape index (κ1) is 11.2. The van der Waals surface area contributed by atoms with Gasteiger partial charge in [0.05, 0.1) is 11.2 Å². The van der Waals surface area contributed by atoms with Crippen molar-refractivity contribution in [3.05, 3.63) is 34.4 Å². The zero-order chi connectivity index (χ0) is 11.9. The topological polar surface area (TPSA) is 62.5 Å². The van der Waals surface area contributed by atoms with E-state index in [9.17, 15) is 9.90 Å². The molecule has 1 unspecified atom stereocenters. The summed E-state index contributed by atoms with van der Waals surface area (Å²) >= 11 is 3.40. The number of carbonyl (C=O) groups is 1. The number of nitrogens with zero attached hydrogens (tertiary/aromatic N) is 1. The second-order valence-electron chi connectivity index (χ2n) is 3.55. The number of aliphatic carboxylic acids is 1. The number of aliphatic hydroxyl groups excluding tert-OH is 1. The van der Waals surface area contributed by atoms with E-state index in [0.717, 1.165) is 15.4 Å². The average molecular weight is 284 g/mol. The first-order valence-corrected chi connectivity index (χ1v) is 5.46. The van der Waals surface area contributed by atoms with E-state index in [1.54, 1.807) is 17.7 Å². The number of carboxylic acid groups (broad SMARTS) is 1. The molecule has 0 aliphatic carbocycles. The molecule has 84 valence electrons. The number of halogens is 1. The zero-order valence-electron chi connectivity index (χ0n) is 8.51. The lowest BCUT2D eigenvalue weighted by Gasteiger charge is -2.07. The Morgan fingerprint density at radius 3 is 2.75 bits per heavy atom. The molecular weight excluding hydrogens is 274 g/mol. The summed E-state index contributed by atoms with van der Waals surface area (Å²) in [6, 6.07) is 7.29. The minimum Gasteiger partial charge on any atom is -0.479 e. The highest BCUT2D eigenvalue weighted by Crippen LogP contribution is 2.29. The van der Waals surface area contributed by atoms with Crippen molar-refractivity contribution in [2.75, 3.05) is 0 Å². The number of rotatable bonds is 2. The number of para-hydroxylation sites is 1. The van der Waals surface area contributed by atoms with Crippen LogP contribution in [0, 0.1) is 0 Å². The standard InChI is InChI=1S/C11H10BrNO3/c1-13-8(10(14)11(15)16)5-6-3-2-4-7(12)9(6)13/h2-5,10,14H,1H3,(H,15,16). The molecule has 0 bridgehead atoms. The van der Waals surface area contributed by atoms with Crippen LogP contribution >= 0.6 is 15.9 Å². The number of aliphatic hydroxyl groups is 1. The highest BCUT2D eigenvalue weighted by atomic mass is 79.9. The van der Waals surface area contributed by atoms with E-state index in [-0.39, 0.29) is 0 Å². The third-order valence-corrected chi connectivity index (χ3v) is 3.20. The summed E-state index contributed by atoms with van der Waals surface area (Å²) in [6.45, 7) is 0. The summed E-state index contributed by atoms with van der Waals surface area (Å²) in [5, 5.41) is 19.2. The molecule has 5 heteroatoms. The SMILES string of the molecule is Cn1c(C(O)C(=O)O)cc2cccc(Br)c21. The van der Waals surface area contributed by atoms with E-state index in [1.165, 1.54) is 0 Å². The van der Waals surface area contributed by atoms with Crippen LogP contribution in [0.3, 0.4) is 0 Å². The van der Waals surface area contributed by atoms with Gasteiger partial charge in [0.25, 0.3) is 0 Å². The Hall–Kier alpha value is -1.33. The van der Waals surface area contributed by atoms with Gasteiger partial charge in [-0.25, -0.2) is 4.79 Å². The van der Waals surface area contributed by atoms with E-state index in [4.69, 9.17) is 5.11 Å². The van der Waals surface area contributed by atoms with Crippen LogP contribution in [0.1, 0.15) is 11.8 Å². The van der Waals surface area contributed by atoms with E-state index in [2.05, 4.69) is 15.9 Å². The van der Waals surface area contributed by atoms with Gasteiger partial charge in [0, 0.05) is 16.9 Å². The quantitative estimate of drug-likeness (QED) is 0.887. The molecule has 2 rings (SSSR count).